The molecule has 0 heterocycles. The molecule has 1 amide bonds. The Labute approximate surface area is 143 Å². The summed E-state index contributed by atoms with van der Waals surface area (Å²) in [5, 5.41) is 11.8. The summed E-state index contributed by atoms with van der Waals surface area (Å²) < 4.78 is 5.27. The monoisotopic (exact) mass is 322 g/mol. The lowest BCUT2D eigenvalue weighted by atomic mass is 10.0. The molecule has 2 aromatic carbocycles. The van der Waals surface area contributed by atoms with Crippen LogP contribution in [0.5, 0.6) is 0 Å². The Morgan fingerprint density at radius 1 is 1.12 bits per heavy atom. The largest absolute Gasteiger partial charge is 0.444 e. The number of hydrogen-bond acceptors (Lipinski definition) is 3. The van der Waals surface area contributed by atoms with Crippen molar-refractivity contribution in [2.45, 2.75) is 39.3 Å². The molecule has 1 atom stereocenters. The van der Waals surface area contributed by atoms with Crippen LogP contribution in [0.25, 0.3) is 11.1 Å². The van der Waals surface area contributed by atoms with E-state index < -0.39 is 11.7 Å². The Hall–Kier alpha value is -2.80. The quantitative estimate of drug-likeness (QED) is 0.882. The van der Waals surface area contributed by atoms with Crippen LogP contribution in [-0.2, 0) is 4.74 Å². The van der Waals surface area contributed by atoms with Gasteiger partial charge in [-0.05, 0) is 56.5 Å². The summed E-state index contributed by atoms with van der Waals surface area (Å²) in [4.78, 5) is 11.8. The van der Waals surface area contributed by atoms with Crippen molar-refractivity contribution in [1.82, 2.24) is 5.32 Å². The molecule has 0 aliphatic carbocycles. The average molecular weight is 322 g/mol. The number of amides is 1. The van der Waals surface area contributed by atoms with Gasteiger partial charge in [-0.3, -0.25) is 0 Å². The van der Waals surface area contributed by atoms with E-state index in [0.717, 1.165) is 16.7 Å². The maximum absolute atomic E-state index is 11.8. The van der Waals surface area contributed by atoms with Crippen LogP contribution in [0.2, 0.25) is 0 Å². The molecule has 0 saturated carbocycles. The third-order valence-corrected chi connectivity index (χ3v) is 3.47. The second-order valence-corrected chi connectivity index (χ2v) is 6.68. The van der Waals surface area contributed by atoms with E-state index in [1.807, 2.05) is 70.2 Å². The van der Waals surface area contributed by atoms with Gasteiger partial charge in [0.25, 0.3) is 0 Å². The molecule has 1 N–H and O–H groups in total. The smallest absolute Gasteiger partial charge is 0.408 e. The molecule has 2 rings (SSSR count). The van der Waals surface area contributed by atoms with Gasteiger partial charge in [-0.15, -0.1) is 0 Å². The number of hydrogen-bond donors (Lipinski definition) is 1. The Morgan fingerprint density at radius 2 is 1.79 bits per heavy atom. The van der Waals surface area contributed by atoms with E-state index in [1.165, 1.54) is 0 Å². The molecule has 0 bridgehead atoms. The number of ether oxygens (including phenoxy) is 1. The fourth-order valence-electron chi connectivity index (χ4n) is 2.30. The SMILES string of the molecule is C[C@@H](NC(=O)OC(C)(C)C)c1ccc(-c2cccc(C#N)c2)cc1. The van der Waals surface area contributed by atoms with Crippen molar-refractivity contribution in [3.05, 3.63) is 59.7 Å². The van der Waals surface area contributed by atoms with E-state index in [0.29, 0.717) is 5.56 Å². The van der Waals surface area contributed by atoms with Crippen LogP contribution in [0.4, 0.5) is 4.79 Å². The molecule has 24 heavy (non-hydrogen) atoms. The molecule has 0 aliphatic heterocycles. The minimum absolute atomic E-state index is 0.153. The predicted octanol–water partition coefficient (Wildman–Crippen LogP) is 4.81. The molecular weight excluding hydrogens is 300 g/mol. The number of carbonyl (C=O) groups is 1. The maximum atomic E-state index is 11.8. The number of nitriles is 1. The van der Waals surface area contributed by atoms with Crippen LogP contribution in [0.1, 0.15) is 44.9 Å². The lowest BCUT2D eigenvalue weighted by Gasteiger charge is -2.22. The lowest BCUT2D eigenvalue weighted by Crippen LogP contribution is -2.34. The highest BCUT2D eigenvalue weighted by molar-refractivity contribution is 5.69. The number of benzene rings is 2. The zero-order valence-corrected chi connectivity index (χ0v) is 14.5. The van der Waals surface area contributed by atoms with Crippen molar-refractivity contribution in [2.24, 2.45) is 0 Å². The second kappa shape index (κ2) is 7.18. The topological polar surface area (TPSA) is 62.1 Å². The van der Waals surface area contributed by atoms with Crippen LogP contribution in [0.15, 0.2) is 48.5 Å². The summed E-state index contributed by atoms with van der Waals surface area (Å²) in [6, 6.07) is 17.4. The standard InChI is InChI=1S/C20H22N2O2/c1-14(22-19(23)24-20(2,3)4)16-8-10-17(11-9-16)18-7-5-6-15(12-18)13-21/h5-12,14H,1-4H3,(H,22,23)/t14-/m1/s1. The third kappa shape index (κ3) is 4.85. The van der Waals surface area contributed by atoms with Crippen molar-refractivity contribution in [2.75, 3.05) is 0 Å². The van der Waals surface area contributed by atoms with Gasteiger partial charge in [-0.25, -0.2) is 4.79 Å². The van der Waals surface area contributed by atoms with Gasteiger partial charge in [0.15, 0.2) is 0 Å². The van der Waals surface area contributed by atoms with Crippen molar-refractivity contribution in [1.29, 1.82) is 5.26 Å². The van der Waals surface area contributed by atoms with Crippen molar-refractivity contribution in [3.63, 3.8) is 0 Å². The molecule has 0 unspecified atom stereocenters. The summed E-state index contributed by atoms with van der Waals surface area (Å²) in [6.45, 7) is 7.42. The molecule has 0 aromatic heterocycles. The molecule has 0 fully saturated rings. The summed E-state index contributed by atoms with van der Waals surface area (Å²) in [7, 11) is 0. The molecule has 0 radical (unpaired) electrons. The first kappa shape index (κ1) is 17.6. The second-order valence-electron chi connectivity index (χ2n) is 6.68. The molecule has 4 heteroatoms. The van der Waals surface area contributed by atoms with Crippen molar-refractivity contribution in [3.8, 4) is 17.2 Å². The van der Waals surface area contributed by atoms with Crippen molar-refractivity contribution >= 4 is 6.09 Å². The summed E-state index contributed by atoms with van der Waals surface area (Å²) >= 11 is 0. The normalized spacial score (nSPS) is 12.1. The molecule has 0 aliphatic rings. The first-order chi connectivity index (χ1) is 11.3. The fourth-order valence-corrected chi connectivity index (χ4v) is 2.30. The van der Waals surface area contributed by atoms with Crippen LogP contribution >= 0.6 is 0 Å². The Morgan fingerprint density at radius 3 is 2.38 bits per heavy atom. The summed E-state index contributed by atoms with van der Waals surface area (Å²) in [5.74, 6) is 0. The predicted molar refractivity (Wildman–Crippen MR) is 94.4 cm³/mol. The highest BCUT2D eigenvalue weighted by Gasteiger charge is 2.18. The van der Waals surface area contributed by atoms with Gasteiger partial charge in [-0.1, -0.05) is 36.4 Å². The van der Waals surface area contributed by atoms with E-state index in [2.05, 4.69) is 11.4 Å². The van der Waals surface area contributed by atoms with Gasteiger partial charge >= 0.3 is 6.09 Å². The minimum Gasteiger partial charge on any atom is -0.444 e. The van der Waals surface area contributed by atoms with Gasteiger partial charge in [0.2, 0.25) is 0 Å². The zero-order valence-electron chi connectivity index (χ0n) is 14.5. The van der Waals surface area contributed by atoms with Crippen LogP contribution in [-0.4, -0.2) is 11.7 Å². The molecule has 4 nitrogen and oxygen atoms in total. The Balaban J connectivity index is 2.08. The van der Waals surface area contributed by atoms with Gasteiger partial charge in [0, 0.05) is 0 Å². The number of nitrogens with zero attached hydrogens (tertiary/aromatic N) is 1. The van der Waals surface area contributed by atoms with Gasteiger partial charge in [0.1, 0.15) is 5.60 Å². The number of nitrogens with one attached hydrogen (secondary N) is 1. The molecular formula is C20H22N2O2. The first-order valence-corrected chi connectivity index (χ1v) is 7.88. The highest BCUT2D eigenvalue weighted by Crippen LogP contribution is 2.23. The average Bonchev–Trinajstić information content (AvgIpc) is 2.53. The third-order valence-electron chi connectivity index (χ3n) is 3.47. The van der Waals surface area contributed by atoms with E-state index in [1.54, 1.807) is 6.07 Å². The Bertz CT molecular complexity index is 752. The van der Waals surface area contributed by atoms with Crippen LogP contribution < -0.4 is 5.32 Å². The van der Waals surface area contributed by atoms with E-state index >= 15 is 0 Å². The zero-order chi connectivity index (χ0) is 17.7. The van der Waals surface area contributed by atoms with Gasteiger partial charge in [0.05, 0.1) is 17.7 Å². The molecule has 124 valence electrons. The Kier molecular flexibility index (Phi) is 5.25. The van der Waals surface area contributed by atoms with E-state index in [-0.39, 0.29) is 6.04 Å². The van der Waals surface area contributed by atoms with Gasteiger partial charge < -0.3 is 10.1 Å². The lowest BCUT2D eigenvalue weighted by molar-refractivity contribution is 0.0508. The van der Waals surface area contributed by atoms with Crippen molar-refractivity contribution < 1.29 is 9.53 Å². The molecule has 0 saturated heterocycles. The highest BCUT2D eigenvalue weighted by atomic mass is 16.6. The van der Waals surface area contributed by atoms with Crippen LogP contribution in [0.3, 0.4) is 0 Å². The molecule has 0 spiro atoms. The summed E-state index contributed by atoms with van der Waals surface area (Å²) in [5.41, 5.74) is 3.13. The number of alkyl carbamates (subject to hydrolysis) is 1. The van der Waals surface area contributed by atoms with Crippen LogP contribution in [0, 0.1) is 11.3 Å². The van der Waals surface area contributed by atoms with E-state index in [4.69, 9.17) is 10.00 Å². The molecule has 2 aromatic rings. The first-order valence-electron chi connectivity index (χ1n) is 7.88. The number of rotatable bonds is 3. The number of carbonyl (C=O) groups excluding carboxylic acids is 1. The maximum Gasteiger partial charge on any atom is 0.408 e. The fraction of sp³-hybridized carbons (Fsp3) is 0.300. The van der Waals surface area contributed by atoms with Gasteiger partial charge in [-0.2, -0.15) is 5.26 Å². The summed E-state index contributed by atoms with van der Waals surface area (Å²) in [6.07, 6.45) is -0.430. The minimum atomic E-state index is -0.514. The van der Waals surface area contributed by atoms with E-state index in [9.17, 15) is 4.79 Å².